The van der Waals surface area contributed by atoms with Gasteiger partial charge < -0.3 is 26.2 Å². The van der Waals surface area contributed by atoms with Crippen LogP contribution in [0.25, 0.3) is 0 Å². The van der Waals surface area contributed by atoms with Gasteiger partial charge in [-0.05, 0) is 57.0 Å². The van der Waals surface area contributed by atoms with E-state index < -0.39 is 5.91 Å². The third-order valence-electron chi connectivity index (χ3n) is 6.34. The van der Waals surface area contributed by atoms with Crippen LogP contribution in [0.2, 0.25) is 0 Å². The molecule has 10 nitrogen and oxygen atoms in total. The van der Waals surface area contributed by atoms with Gasteiger partial charge in [0.15, 0.2) is 11.5 Å². The fourth-order valence-electron chi connectivity index (χ4n) is 3.97. The molecular formula is C28H39N7O3. The summed E-state index contributed by atoms with van der Waals surface area (Å²) in [7, 11) is 5.44. The third-order valence-corrected chi connectivity index (χ3v) is 6.34. The number of carbonyl (C=O) groups excluding carboxylic acids is 3. The maximum atomic E-state index is 12.4. The highest BCUT2D eigenvalue weighted by atomic mass is 16.2. The Kier molecular flexibility index (Phi) is 9.95. The first-order valence-corrected chi connectivity index (χ1v) is 13.0. The van der Waals surface area contributed by atoms with E-state index in [2.05, 4.69) is 15.6 Å². The molecule has 1 aliphatic carbocycles. The van der Waals surface area contributed by atoms with Crippen LogP contribution in [0.4, 0.5) is 11.5 Å². The summed E-state index contributed by atoms with van der Waals surface area (Å²) < 4.78 is 0. The Morgan fingerprint density at radius 3 is 2.55 bits per heavy atom. The molecule has 1 aromatic heterocycles. The fourth-order valence-corrected chi connectivity index (χ4v) is 3.97. The molecule has 0 saturated heterocycles. The topological polar surface area (TPSA) is 134 Å². The fraction of sp³-hybridized carbons (Fsp3) is 0.464. The Morgan fingerprint density at radius 1 is 1.18 bits per heavy atom. The summed E-state index contributed by atoms with van der Waals surface area (Å²) in [5.74, 6) is -0.314. The van der Waals surface area contributed by atoms with E-state index in [1.165, 1.54) is 11.0 Å². The van der Waals surface area contributed by atoms with Crippen LogP contribution in [0.3, 0.4) is 0 Å². The van der Waals surface area contributed by atoms with Crippen molar-refractivity contribution in [2.24, 2.45) is 5.73 Å². The average Bonchev–Trinajstić information content (AvgIpc) is 3.72. The average molecular weight is 522 g/mol. The van der Waals surface area contributed by atoms with Gasteiger partial charge in [0.1, 0.15) is 0 Å². The Morgan fingerprint density at radius 2 is 1.92 bits per heavy atom. The second-order valence-corrected chi connectivity index (χ2v) is 10.1. The normalized spacial score (nSPS) is 13.9. The molecule has 3 amide bonds. The number of primary amides is 1. The second kappa shape index (κ2) is 13.1. The van der Waals surface area contributed by atoms with Crippen LogP contribution in [0.5, 0.6) is 0 Å². The van der Waals surface area contributed by atoms with Gasteiger partial charge in [-0.15, -0.1) is 0 Å². The van der Waals surface area contributed by atoms with Gasteiger partial charge in [0.2, 0.25) is 11.8 Å². The molecule has 1 saturated carbocycles. The van der Waals surface area contributed by atoms with Gasteiger partial charge in [0.05, 0.1) is 17.9 Å². The lowest BCUT2D eigenvalue weighted by atomic mass is 10.0. The van der Waals surface area contributed by atoms with Gasteiger partial charge in [-0.25, -0.2) is 9.97 Å². The van der Waals surface area contributed by atoms with Crippen molar-refractivity contribution in [1.82, 2.24) is 25.1 Å². The summed E-state index contributed by atoms with van der Waals surface area (Å²) in [6.07, 6.45) is 6.09. The monoisotopic (exact) mass is 521 g/mol. The maximum Gasteiger partial charge on any atom is 0.271 e. The van der Waals surface area contributed by atoms with Crippen LogP contribution >= 0.6 is 0 Å². The number of hydrogen-bond acceptors (Lipinski definition) is 7. The number of nitrogens with one attached hydrogen (secondary N) is 2. The van der Waals surface area contributed by atoms with E-state index in [0.717, 1.165) is 35.5 Å². The number of anilines is 2. The highest BCUT2D eigenvalue weighted by Gasteiger charge is 2.30. The lowest BCUT2D eigenvalue weighted by molar-refractivity contribution is -0.131. The molecule has 10 heteroatoms. The van der Waals surface area contributed by atoms with Crippen molar-refractivity contribution in [2.75, 3.05) is 46.1 Å². The van der Waals surface area contributed by atoms with Crippen molar-refractivity contribution < 1.29 is 14.4 Å². The van der Waals surface area contributed by atoms with E-state index in [0.29, 0.717) is 31.2 Å². The van der Waals surface area contributed by atoms with Crippen molar-refractivity contribution in [3.63, 3.8) is 0 Å². The molecule has 0 bridgehead atoms. The smallest absolute Gasteiger partial charge is 0.271 e. The minimum Gasteiger partial charge on any atom is -0.364 e. The van der Waals surface area contributed by atoms with Crippen molar-refractivity contribution in [2.45, 2.75) is 44.9 Å². The van der Waals surface area contributed by atoms with Crippen LogP contribution in [0.1, 0.15) is 66.0 Å². The summed E-state index contributed by atoms with van der Waals surface area (Å²) >= 11 is 0. The van der Waals surface area contributed by atoms with Gasteiger partial charge >= 0.3 is 0 Å². The van der Waals surface area contributed by atoms with E-state index in [4.69, 9.17) is 10.7 Å². The van der Waals surface area contributed by atoms with Gasteiger partial charge in [0, 0.05) is 37.8 Å². The zero-order chi connectivity index (χ0) is 27.8. The van der Waals surface area contributed by atoms with Gasteiger partial charge in [-0.1, -0.05) is 32.1 Å². The first-order chi connectivity index (χ1) is 18.1. The maximum absolute atomic E-state index is 12.4. The molecule has 2 aromatic rings. The van der Waals surface area contributed by atoms with E-state index in [1.807, 2.05) is 57.1 Å². The Labute approximate surface area is 224 Å². The van der Waals surface area contributed by atoms with Crippen LogP contribution in [0.15, 0.2) is 36.4 Å². The van der Waals surface area contributed by atoms with Gasteiger partial charge in [0.25, 0.3) is 5.91 Å². The number of carbonyl (C=O) groups is 3. The first kappa shape index (κ1) is 28.8. The SMILES string of the molecule is CCc1nc(C(N)=O)c(Nc2cccc(C(C)CNC(=O)CN(C)C(=O)/C=C/CN(C)C)c2)nc1C1CC1. The zero-order valence-corrected chi connectivity index (χ0v) is 23.0. The Bertz CT molecular complexity index is 1190. The summed E-state index contributed by atoms with van der Waals surface area (Å²) in [5, 5.41) is 6.14. The molecule has 3 rings (SSSR count). The lowest BCUT2D eigenvalue weighted by Gasteiger charge is -2.18. The summed E-state index contributed by atoms with van der Waals surface area (Å²) in [6, 6.07) is 7.72. The lowest BCUT2D eigenvalue weighted by Crippen LogP contribution is -2.39. The Balaban J connectivity index is 1.62. The molecule has 204 valence electrons. The molecular weight excluding hydrogens is 482 g/mol. The van der Waals surface area contributed by atoms with Crippen LogP contribution in [0, 0.1) is 0 Å². The van der Waals surface area contributed by atoms with Crippen molar-refractivity contribution in [1.29, 1.82) is 0 Å². The number of benzene rings is 1. The highest BCUT2D eigenvalue weighted by Crippen LogP contribution is 2.41. The van der Waals surface area contributed by atoms with Crippen LogP contribution < -0.4 is 16.4 Å². The number of nitrogens with two attached hydrogens (primary N) is 1. The number of aryl methyl sites for hydroxylation is 1. The van der Waals surface area contributed by atoms with Crippen LogP contribution in [-0.2, 0) is 16.0 Å². The van der Waals surface area contributed by atoms with Crippen molar-refractivity contribution in [3.8, 4) is 0 Å². The molecule has 1 aromatic carbocycles. The standard InChI is InChI=1S/C28H39N7O3/c1-6-22-25(19-12-13-19)33-28(26(32-22)27(29)38)31-21-10-7-9-20(15-21)18(2)16-30-23(36)17-35(5)24(37)11-8-14-34(3)4/h7-11,15,18-19H,6,12-14,16-17H2,1-5H3,(H2,29,38)(H,30,36)(H,31,33)/b11-8+. The van der Waals surface area contributed by atoms with E-state index in [9.17, 15) is 14.4 Å². The van der Waals surface area contributed by atoms with Gasteiger partial charge in [-0.2, -0.15) is 0 Å². The van der Waals surface area contributed by atoms with Crippen LogP contribution in [-0.4, -0.2) is 78.3 Å². The molecule has 1 fully saturated rings. The first-order valence-electron chi connectivity index (χ1n) is 13.0. The van der Waals surface area contributed by atoms with Crippen molar-refractivity contribution in [3.05, 3.63) is 59.1 Å². The minimum absolute atomic E-state index is 0.00730. The number of likely N-dealkylation sites (N-methyl/N-ethyl adjacent to an activating group) is 2. The predicted molar refractivity (Wildman–Crippen MR) is 148 cm³/mol. The molecule has 0 spiro atoms. The van der Waals surface area contributed by atoms with E-state index in [1.54, 1.807) is 13.1 Å². The van der Waals surface area contributed by atoms with Crippen molar-refractivity contribution >= 4 is 29.2 Å². The number of amides is 3. The molecule has 1 unspecified atom stereocenters. The number of aromatic nitrogens is 2. The largest absolute Gasteiger partial charge is 0.364 e. The zero-order valence-electron chi connectivity index (χ0n) is 23.0. The number of rotatable bonds is 13. The summed E-state index contributed by atoms with van der Waals surface area (Å²) in [6.45, 7) is 5.04. The predicted octanol–water partition coefficient (Wildman–Crippen LogP) is 2.55. The van der Waals surface area contributed by atoms with E-state index in [-0.39, 0.29) is 30.0 Å². The summed E-state index contributed by atoms with van der Waals surface area (Å²) in [5.41, 5.74) is 9.25. The number of nitrogens with zero attached hydrogens (tertiary/aromatic N) is 4. The molecule has 38 heavy (non-hydrogen) atoms. The molecule has 0 aliphatic heterocycles. The molecule has 4 N–H and O–H groups in total. The number of hydrogen-bond donors (Lipinski definition) is 3. The summed E-state index contributed by atoms with van der Waals surface area (Å²) in [4.78, 5) is 49.3. The highest BCUT2D eigenvalue weighted by molar-refractivity contribution is 5.96. The third kappa shape index (κ3) is 8.11. The second-order valence-electron chi connectivity index (χ2n) is 10.1. The Hall–Kier alpha value is -3.79. The van der Waals surface area contributed by atoms with Gasteiger partial charge in [-0.3, -0.25) is 14.4 Å². The quantitative estimate of drug-likeness (QED) is 0.345. The molecule has 1 heterocycles. The molecule has 1 atom stereocenters. The minimum atomic E-state index is -0.624. The van der Waals surface area contributed by atoms with E-state index >= 15 is 0 Å². The molecule has 1 aliphatic rings. The molecule has 0 radical (unpaired) electrons.